The first-order valence-corrected chi connectivity index (χ1v) is 7.61. The first kappa shape index (κ1) is 16.8. The highest BCUT2D eigenvalue weighted by Gasteiger charge is 2.24. The summed E-state index contributed by atoms with van der Waals surface area (Å²) in [5.41, 5.74) is 0. The number of aliphatic carboxylic acids is 1. The van der Waals surface area contributed by atoms with Crippen molar-refractivity contribution < 1.29 is 14.7 Å². The molecule has 0 aromatic rings. The Morgan fingerprint density at radius 2 is 1.95 bits per heavy atom. The van der Waals surface area contributed by atoms with Crippen molar-refractivity contribution in [1.29, 1.82) is 0 Å². The second-order valence-corrected chi connectivity index (χ2v) is 6.28. The number of hydrogen-bond acceptors (Lipinski definition) is 2. The summed E-state index contributed by atoms with van der Waals surface area (Å²) >= 11 is 0. The van der Waals surface area contributed by atoms with Gasteiger partial charge in [-0.1, -0.05) is 13.8 Å². The van der Waals surface area contributed by atoms with Crippen molar-refractivity contribution in [3.05, 3.63) is 0 Å². The summed E-state index contributed by atoms with van der Waals surface area (Å²) in [6.45, 7) is 5.68. The molecule has 116 valence electrons. The maximum Gasteiger partial charge on any atom is 0.317 e. The number of carbonyl (C=O) groups is 2. The molecule has 0 radical (unpaired) electrons. The lowest BCUT2D eigenvalue weighted by Gasteiger charge is -2.22. The maximum absolute atomic E-state index is 11.8. The number of carboxylic acid groups (broad SMARTS) is 1. The van der Waals surface area contributed by atoms with Gasteiger partial charge in [-0.2, -0.15) is 0 Å². The Labute approximate surface area is 121 Å². The molecule has 1 atom stereocenters. The molecule has 20 heavy (non-hydrogen) atoms. The molecule has 1 saturated carbocycles. The number of hydrogen-bond donors (Lipinski definition) is 2. The number of carboxylic acids is 1. The highest BCUT2D eigenvalue weighted by atomic mass is 16.4. The second-order valence-electron chi connectivity index (χ2n) is 6.28. The van der Waals surface area contributed by atoms with Crippen LogP contribution in [0.15, 0.2) is 0 Å². The van der Waals surface area contributed by atoms with E-state index in [9.17, 15) is 9.59 Å². The topological polar surface area (TPSA) is 69.6 Å². The normalized spacial score (nSPS) is 16.0. The molecule has 0 heterocycles. The monoisotopic (exact) mass is 284 g/mol. The SMILES string of the molecule is CC(C)C(CCNC(=O)N(C)CC1CC1)CCC(=O)O. The molecule has 1 rings (SSSR count). The van der Waals surface area contributed by atoms with Crippen LogP contribution in [0.4, 0.5) is 4.79 Å². The van der Waals surface area contributed by atoms with Crippen molar-refractivity contribution in [2.75, 3.05) is 20.1 Å². The van der Waals surface area contributed by atoms with Crippen LogP contribution >= 0.6 is 0 Å². The first-order chi connectivity index (χ1) is 9.40. The van der Waals surface area contributed by atoms with Crippen molar-refractivity contribution in [2.45, 2.75) is 46.0 Å². The third kappa shape index (κ3) is 6.78. The van der Waals surface area contributed by atoms with Gasteiger partial charge in [0.15, 0.2) is 0 Å². The second kappa shape index (κ2) is 8.12. The van der Waals surface area contributed by atoms with Gasteiger partial charge in [0, 0.05) is 26.6 Å². The van der Waals surface area contributed by atoms with Crippen LogP contribution in [0.3, 0.4) is 0 Å². The van der Waals surface area contributed by atoms with Gasteiger partial charge in [0.2, 0.25) is 0 Å². The fourth-order valence-corrected chi connectivity index (χ4v) is 2.39. The molecular weight excluding hydrogens is 256 g/mol. The predicted octanol–water partition coefficient (Wildman–Crippen LogP) is 2.56. The molecule has 1 fully saturated rings. The van der Waals surface area contributed by atoms with E-state index in [-0.39, 0.29) is 12.5 Å². The number of amides is 2. The van der Waals surface area contributed by atoms with E-state index in [1.807, 2.05) is 7.05 Å². The molecule has 0 aromatic carbocycles. The zero-order valence-corrected chi connectivity index (χ0v) is 12.9. The van der Waals surface area contributed by atoms with Crippen molar-refractivity contribution in [1.82, 2.24) is 10.2 Å². The predicted molar refractivity (Wildman–Crippen MR) is 78.6 cm³/mol. The van der Waals surface area contributed by atoms with Gasteiger partial charge >= 0.3 is 12.0 Å². The van der Waals surface area contributed by atoms with Gasteiger partial charge in [0.1, 0.15) is 0 Å². The quantitative estimate of drug-likeness (QED) is 0.683. The lowest BCUT2D eigenvalue weighted by molar-refractivity contribution is -0.137. The van der Waals surface area contributed by atoms with Gasteiger partial charge < -0.3 is 15.3 Å². The van der Waals surface area contributed by atoms with E-state index < -0.39 is 5.97 Å². The number of carbonyl (C=O) groups excluding carboxylic acids is 1. The number of urea groups is 1. The number of nitrogens with zero attached hydrogens (tertiary/aromatic N) is 1. The van der Waals surface area contributed by atoms with Crippen molar-refractivity contribution in [3.63, 3.8) is 0 Å². The minimum atomic E-state index is -0.746. The zero-order chi connectivity index (χ0) is 15.1. The van der Waals surface area contributed by atoms with E-state index in [1.165, 1.54) is 12.8 Å². The van der Waals surface area contributed by atoms with E-state index >= 15 is 0 Å². The molecule has 1 aliphatic carbocycles. The van der Waals surface area contributed by atoms with E-state index in [1.54, 1.807) is 4.90 Å². The van der Waals surface area contributed by atoms with E-state index in [0.29, 0.717) is 30.7 Å². The van der Waals surface area contributed by atoms with Crippen LogP contribution in [0.1, 0.15) is 46.0 Å². The van der Waals surface area contributed by atoms with Crippen molar-refractivity contribution in [2.24, 2.45) is 17.8 Å². The summed E-state index contributed by atoms with van der Waals surface area (Å²) in [4.78, 5) is 24.2. The van der Waals surface area contributed by atoms with Gasteiger partial charge in [-0.25, -0.2) is 4.79 Å². The Balaban J connectivity index is 2.21. The van der Waals surface area contributed by atoms with Crippen LogP contribution in [-0.2, 0) is 4.79 Å². The summed E-state index contributed by atoms with van der Waals surface area (Å²) in [6.07, 6.45) is 4.21. The third-order valence-electron chi connectivity index (χ3n) is 4.04. The average molecular weight is 284 g/mol. The Morgan fingerprint density at radius 3 is 2.45 bits per heavy atom. The molecule has 2 amide bonds. The molecule has 0 spiro atoms. The fraction of sp³-hybridized carbons (Fsp3) is 0.867. The summed E-state index contributed by atoms with van der Waals surface area (Å²) in [5, 5.41) is 11.7. The Kier molecular flexibility index (Phi) is 6.82. The minimum absolute atomic E-state index is 0.0161. The first-order valence-electron chi connectivity index (χ1n) is 7.61. The summed E-state index contributed by atoms with van der Waals surface area (Å²) in [5.74, 6) is 0.740. The Hall–Kier alpha value is -1.26. The Morgan fingerprint density at radius 1 is 1.30 bits per heavy atom. The summed E-state index contributed by atoms with van der Waals surface area (Å²) in [7, 11) is 1.83. The van der Waals surface area contributed by atoms with Gasteiger partial charge in [-0.15, -0.1) is 0 Å². The van der Waals surface area contributed by atoms with E-state index in [0.717, 1.165) is 13.0 Å². The molecule has 1 aliphatic rings. The van der Waals surface area contributed by atoms with Crippen LogP contribution in [0.5, 0.6) is 0 Å². The molecule has 0 aliphatic heterocycles. The summed E-state index contributed by atoms with van der Waals surface area (Å²) in [6, 6.07) is -0.0161. The highest BCUT2D eigenvalue weighted by molar-refractivity contribution is 5.73. The standard InChI is InChI=1S/C15H28N2O3/c1-11(2)13(6-7-14(18)19)8-9-16-15(20)17(3)10-12-4-5-12/h11-13H,4-10H2,1-3H3,(H,16,20)(H,18,19). The zero-order valence-electron chi connectivity index (χ0n) is 12.9. The fourth-order valence-electron chi connectivity index (χ4n) is 2.39. The van der Waals surface area contributed by atoms with Crippen molar-refractivity contribution in [3.8, 4) is 0 Å². The minimum Gasteiger partial charge on any atom is -0.481 e. The van der Waals surface area contributed by atoms with Gasteiger partial charge in [-0.05, 0) is 43.4 Å². The smallest absolute Gasteiger partial charge is 0.317 e. The van der Waals surface area contributed by atoms with Gasteiger partial charge in [0.25, 0.3) is 0 Å². The Bertz CT molecular complexity index is 327. The van der Waals surface area contributed by atoms with Crippen LogP contribution in [0.2, 0.25) is 0 Å². The van der Waals surface area contributed by atoms with Crippen LogP contribution < -0.4 is 5.32 Å². The van der Waals surface area contributed by atoms with E-state index in [2.05, 4.69) is 19.2 Å². The van der Waals surface area contributed by atoms with Gasteiger partial charge in [-0.3, -0.25) is 4.79 Å². The average Bonchev–Trinajstić information content (AvgIpc) is 3.16. The number of nitrogens with one attached hydrogen (secondary N) is 1. The maximum atomic E-state index is 11.8. The van der Waals surface area contributed by atoms with Crippen LogP contribution in [0, 0.1) is 17.8 Å². The number of rotatable bonds is 9. The van der Waals surface area contributed by atoms with E-state index in [4.69, 9.17) is 5.11 Å². The molecule has 5 nitrogen and oxygen atoms in total. The van der Waals surface area contributed by atoms with Gasteiger partial charge in [0.05, 0.1) is 0 Å². The largest absolute Gasteiger partial charge is 0.481 e. The summed E-state index contributed by atoms with van der Waals surface area (Å²) < 4.78 is 0. The lowest BCUT2D eigenvalue weighted by atomic mass is 9.88. The molecule has 5 heteroatoms. The van der Waals surface area contributed by atoms with Crippen LogP contribution in [0.25, 0.3) is 0 Å². The van der Waals surface area contributed by atoms with Crippen molar-refractivity contribution >= 4 is 12.0 Å². The molecule has 1 unspecified atom stereocenters. The molecule has 0 bridgehead atoms. The molecule has 0 aromatic heterocycles. The third-order valence-corrected chi connectivity index (χ3v) is 4.04. The van der Waals surface area contributed by atoms with Crippen LogP contribution in [-0.4, -0.2) is 42.1 Å². The lowest BCUT2D eigenvalue weighted by Crippen LogP contribution is -2.39. The molecule has 0 saturated heterocycles. The highest BCUT2D eigenvalue weighted by Crippen LogP contribution is 2.29. The molecular formula is C15H28N2O3. The molecule has 2 N–H and O–H groups in total.